The highest BCUT2D eigenvalue weighted by molar-refractivity contribution is 7.74. The standard InChI is InChI=1S/C27H34N5O3S/c1-6-12-34-25-20(7-2)13-23(14-21(25)15-28)27(3,4)22-8-10-24(11-9-22)35-18-19-16-29-26(30-17-19)31-32(5,33)36/h8-11,13-14,16-17,33,36H,6-7,12,18H2,1-5H3,(H,29,30,31)/q+1. The lowest BCUT2D eigenvalue weighted by molar-refractivity contribution is -0.955. The summed E-state index contributed by atoms with van der Waals surface area (Å²) in [6.45, 7) is 9.34. The number of benzene rings is 2. The van der Waals surface area contributed by atoms with Crippen molar-refractivity contribution in [1.82, 2.24) is 9.97 Å². The van der Waals surface area contributed by atoms with E-state index in [1.807, 2.05) is 30.3 Å². The van der Waals surface area contributed by atoms with E-state index < -0.39 is 4.16 Å². The lowest BCUT2D eigenvalue weighted by atomic mass is 9.77. The van der Waals surface area contributed by atoms with Gasteiger partial charge in [0.05, 0.1) is 12.2 Å². The van der Waals surface area contributed by atoms with Gasteiger partial charge in [-0.3, -0.25) is 0 Å². The second kappa shape index (κ2) is 11.6. The number of nitrogens with one attached hydrogen (secondary N) is 1. The van der Waals surface area contributed by atoms with Gasteiger partial charge in [0.15, 0.2) is 0 Å². The first-order valence-electron chi connectivity index (χ1n) is 11.9. The van der Waals surface area contributed by atoms with E-state index >= 15 is 0 Å². The van der Waals surface area contributed by atoms with E-state index in [4.69, 9.17) is 9.47 Å². The summed E-state index contributed by atoms with van der Waals surface area (Å²) < 4.78 is 11.0. The molecule has 1 aromatic heterocycles. The van der Waals surface area contributed by atoms with Crippen LogP contribution in [0.15, 0.2) is 48.8 Å². The molecular weight excluding hydrogens is 474 g/mol. The number of ether oxygens (including phenoxy) is 2. The van der Waals surface area contributed by atoms with E-state index in [2.05, 4.69) is 68.0 Å². The van der Waals surface area contributed by atoms with Crippen LogP contribution in [-0.2, 0) is 18.4 Å². The van der Waals surface area contributed by atoms with Crippen LogP contribution in [0.3, 0.4) is 0 Å². The molecular formula is C27H34N5O3S+. The average molecular weight is 509 g/mol. The number of quaternary nitrogens is 1. The first-order chi connectivity index (χ1) is 17.1. The van der Waals surface area contributed by atoms with Crippen molar-refractivity contribution in [2.24, 2.45) is 0 Å². The maximum Gasteiger partial charge on any atom is 0.273 e. The minimum Gasteiger partial charge on any atom is -0.492 e. The van der Waals surface area contributed by atoms with E-state index in [1.165, 1.54) is 7.05 Å². The molecule has 0 saturated heterocycles. The summed E-state index contributed by atoms with van der Waals surface area (Å²) in [6.07, 6.45) is 4.94. The quantitative estimate of drug-likeness (QED) is 0.176. The fraction of sp³-hybridized carbons (Fsp3) is 0.370. The lowest BCUT2D eigenvalue weighted by Crippen LogP contribution is -2.36. The number of aromatic nitrogens is 2. The Morgan fingerprint density at radius 2 is 1.75 bits per heavy atom. The summed E-state index contributed by atoms with van der Waals surface area (Å²) in [5.41, 5.74) is 6.88. The van der Waals surface area contributed by atoms with Crippen molar-refractivity contribution >= 4 is 18.8 Å². The number of anilines is 1. The van der Waals surface area contributed by atoms with E-state index in [9.17, 15) is 10.5 Å². The molecule has 0 amide bonds. The molecule has 36 heavy (non-hydrogen) atoms. The van der Waals surface area contributed by atoms with Crippen LogP contribution in [0, 0.1) is 11.3 Å². The number of rotatable bonds is 11. The van der Waals surface area contributed by atoms with Crippen molar-refractivity contribution in [2.45, 2.75) is 52.6 Å². The van der Waals surface area contributed by atoms with E-state index in [-0.39, 0.29) is 11.4 Å². The molecule has 1 unspecified atom stereocenters. The van der Waals surface area contributed by atoms with Gasteiger partial charge in [0.25, 0.3) is 5.95 Å². The highest BCUT2D eigenvalue weighted by atomic mass is 32.1. The lowest BCUT2D eigenvalue weighted by Gasteiger charge is -2.28. The first kappa shape index (κ1) is 27.3. The molecule has 190 valence electrons. The van der Waals surface area contributed by atoms with Gasteiger partial charge < -0.3 is 9.47 Å². The van der Waals surface area contributed by atoms with Crippen molar-refractivity contribution in [3.05, 3.63) is 76.6 Å². The Kier molecular flexibility index (Phi) is 8.79. The van der Waals surface area contributed by atoms with Crippen molar-refractivity contribution in [2.75, 3.05) is 19.1 Å². The Bertz CT molecular complexity index is 1200. The third-order valence-corrected chi connectivity index (χ3v) is 5.94. The molecule has 9 heteroatoms. The molecule has 8 nitrogen and oxygen atoms in total. The SMILES string of the molecule is CCCOc1c(C#N)cc(C(C)(C)c2ccc(OCc3cnc(N[N+](C)(O)S)nc3)cc2)cc1CC. The summed E-state index contributed by atoms with van der Waals surface area (Å²) in [7, 11) is 1.43. The molecule has 3 aromatic rings. The molecule has 0 fully saturated rings. The third-order valence-electron chi connectivity index (χ3n) is 5.84. The van der Waals surface area contributed by atoms with E-state index in [1.54, 1.807) is 12.4 Å². The highest BCUT2D eigenvalue weighted by Gasteiger charge is 2.26. The van der Waals surface area contributed by atoms with Gasteiger partial charge in [-0.25, -0.2) is 9.97 Å². The minimum absolute atomic E-state index is 0.251. The Hall–Kier alpha value is -3.32. The second-order valence-corrected chi connectivity index (χ2v) is 9.98. The number of nitrogens with zero attached hydrogens (tertiary/aromatic N) is 4. The number of hydrogen-bond donors (Lipinski definition) is 3. The van der Waals surface area contributed by atoms with Crippen LogP contribution in [0.25, 0.3) is 0 Å². The zero-order valence-electron chi connectivity index (χ0n) is 21.4. The maximum absolute atomic E-state index is 9.78. The number of hydrogen-bond acceptors (Lipinski definition) is 8. The van der Waals surface area contributed by atoms with Crippen LogP contribution < -0.4 is 14.9 Å². The zero-order chi connectivity index (χ0) is 26.3. The average Bonchev–Trinajstić information content (AvgIpc) is 2.85. The van der Waals surface area contributed by atoms with Gasteiger partial charge in [0.1, 0.15) is 44.0 Å². The minimum atomic E-state index is -0.771. The summed E-state index contributed by atoms with van der Waals surface area (Å²) in [5, 5.41) is 19.4. The molecule has 2 aromatic carbocycles. The van der Waals surface area contributed by atoms with E-state index in [0.29, 0.717) is 24.5 Å². The number of nitriles is 1. The van der Waals surface area contributed by atoms with Gasteiger partial charge in [-0.2, -0.15) is 15.9 Å². The zero-order valence-corrected chi connectivity index (χ0v) is 22.3. The van der Waals surface area contributed by atoms with Gasteiger partial charge in [-0.05, 0) is 51.9 Å². The molecule has 1 atom stereocenters. The van der Waals surface area contributed by atoms with Crippen LogP contribution in [-0.4, -0.2) is 33.0 Å². The molecule has 0 aliphatic carbocycles. The Morgan fingerprint density at radius 3 is 2.31 bits per heavy atom. The predicted molar refractivity (Wildman–Crippen MR) is 142 cm³/mol. The summed E-state index contributed by atoms with van der Waals surface area (Å²) in [6, 6.07) is 14.4. The fourth-order valence-corrected chi connectivity index (χ4v) is 3.84. The molecule has 0 aliphatic heterocycles. The monoisotopic (exact) mass is 508 g/mol. The first-order valence-corrected chi connectivity index (χ1v) is 12.3. The Morgan fingerprint density at radius 1 is 1.08 bits per heavy atom. The van der Waals surface area contributed by atoms with E-state index in [0.717, 1.165) is 40.8 Å². The van der Waals surface area contributed by atoms with Crippen LogP contribution in [0.4, 0.5) is 5.95 Å². The normalized spacial score (nSPS) is 12.9. The Labute approximate surface area is 218 Å². The maximum atomic E-state index is 9.78. The van der Waals surface area contributed by atoms with Gasteiger partial charge in [-0.15, -0.1) is 0 Å². The molecule has 0 aliphatic rings. The molecule has 3 rings (SSSR count). The topological polar surface area (TPSA) is 100 Å². The highest BCUT2D eigenvalue weighted by Crippen LogP contribution is 2.37. The summed E-state index contributed by atoms with van der Waals surface area (Å²) >= 11 is 3.93. The van der Waals surface area contributed by atoms with Gasteiger partial charge in [-0.1, -0.05) is 45.9 Å². The molecule has 0 radical (unpaired) electrons. The summed E-state index contributed by atoms with van der Waals surface area (Å²) in [5.74, 6) is 1.68. The Balaban J connectivity index is 1.74. The van der Waals surface area contributed by atoms with Crippen LogP contribution in [0.2, 0.25) is 0 Å². The van der Waals surface area contributed by atoms with Crippen molar-refractivity contribution in [3.63, 3.8) is 0 Å². The third kappa shape index (κ3) is 6.88. The largest absolute Gasteiger partial charge is 0.492 e. The predicted octanol–water partition coefficient (Wildman–Crippen LogP) is 5.61. The molecule has 1 heterocycles. The van der Waals surface area contributed by atoms with Crippen molar-refractivity contribution < 1.29 is 18.8 Å². The fourth-order valence-electron chi connectivity index (χ4n) is 3.75. The molecule has 0 spiro atoms. The van der Waals surface area contributed by atoms with Gasteiger partial charge in [0, 0.05) is 23.4 Å². The van der Waals surface area contributed by atoms with Gasteiger partial charge in [0.2, 0.25) is 0 Å². The van der Waals surface area contributed by atoms with Crippen molar-refractivity contribution in [3.8, 4) is 17.6 Å². The molecule has 2 N–H and O–H groups in total. The van der Waals surface area contributed by atoms with Crippen molar-refractivity contribution in [1.29, 1.82) is 5.26 Å². The van der Waals surface area contributed by atoms with Crippen LogP contribution in [0.5, 0.6) is 11.5 Å². The second-order valence-electron chi connectivity index (χ2n) is 9.20. The van der Waals surface area contributed by atoms with Crippen LogP contribution >= 0.6 is 12.8 Å². The number of aryl methyl sites for hydroxylation is 1. The smallest absolute Gasteiger partial charge is 0.273 e. The molecule has 0 saturated carbocycles. The number of thiol groups is 1. The number of hydroxylamine groups is 1. The van der Waals surface area contributed by atoms with Gasteiger partial charge >= 0.3 is 0 Å². The summed E-state index contributed by atoms with van der Waals surface area (Å²) in [4.78, 5) is 8.30. The molecule has 0 bridgehead atoms. The van der Waals surface area contributed by atoms with Crippen LogP contribution in [0.1, 0.15) is 61.9 Å².